The van der Waals surface area contributed by atoms with Gasteiger partial charge in [0.25, 0.3) is 0 Å². The van der Waals surface area contributed by atoms with Crippen molar-refractivity contribution < 1.29 is 9.53 Å². The number of ether oxygens (including phenoxy) is 1. The predicted octanol–water partition coefficient (Wildman–Crippen LogP) is 4.45. The number of rotatable bonds is 6. The lowest BCUT2D eigenvalue weighted by atomic mass is 10.00. The fourth-order valence-corrected chi connectivity index (χ4v) is 3.10. The molecular weight excluding hydrogens is 324 g/mol. The third-order valence-corrected chi connectivity index (χ3v) is 4.49. The Balaban J connectivity index is 1.67. The Kier molecular flexibility index (Phi) is 5.54. The van der Waals surface area contributed by atoms with E-state index in [1.165, 1.54) is 16.3 Å². The molecule has 3 rings (SSSR count). The molecule has 0 saturated heterocycles. The first-order valence-electron chi connectivity index (χ1n) is 8.74. The number of fused-ring (bicyclic) bond motifs is 1. The SMILES string of the molecule is COc1ccc(C)cc1NC(=O)CN[C@@H](C)c1cccc2ccccc12. The average Bonchev–Trinajstić information content (AvgIpc) is 2.66. The van der Waals surface area contributed by atoms with Crippen molar-refractivity contribution in [2.45, 2.75) is 19.9 Å². The van der Waals surface area contributed by atoms with Gasteiger partial charge in [-0.05, 0) is 47.9 Å². The second kappa shape index (κ2) is 8.02. The molecule has 0 unspecified atom stereocenters. The van der Waals surface area contributed by atoms with E-state index in [-0.39, 0.29) is 18.5 Å². The summed E-state index contributed by atoms with van der Waals surface area (Å²) in [7, 11) is 1.60. The van der Waals surface area contributed by atoms with Crippen molar-refractivity contribution in [3.63, 3.8) is 0 Å². The van der Waals surface area contributed by atoms with Crippen LogP contribution in [0.15, 0.2) is 60.7 Å². The number of amides is 1. The fraction of sp³-hybridized carbons (Fsp3) is 0.227. The number of aryl methyl sites for hydroxylation is 1. The maximum atomic E-state index is 12.4. The van der Waals surface area contributed by atoms with Gasteiger partial charge in [0.1, 0.15) is 5.75 Å². The van der Waals surface area contributed by atoms with Gasteiger partial charge in [-0.25, -0.2) is 0 Å². The van der Waals surface area contributed by atoms with E-state index < -0.39 is 0 Å². The van der Waals surface area contributed by atoms with Crippen LogP contribution < -0.4 is 15.4 Å². The third-order valence-electron chi connectivity index (χ3n) is 4.49. The molecule has 4 heteroatoms. The summed E-state index contributed by atoms with van der Waals surface area (Å²) in [5, 5.41) is 8.64. The highest BCUT2D eigenvalue weighted by Gasteiger charge is 2.12. The van der Waals surface area contributed by atoms with Crippen LogP contribution in [0.25, 0.3) is 10.8 Å². The molecule has 4 nitrogen and oxygen atoms in total. The second-order valence-corrected chi connectivity index (χ2v) is 6.42. The van der Waals surface area contributed by atoms with E-state index in [9.17, 15) is 4.79 Å². The van der Waals surface area contributed by atoms with Crippen LogP contribution in [-0.2, 0) is 4.79 Å². The van der Waals surface area contributed by atoms with Gasteiger partial charge < -0.3 is 15.4 Å². The number of carbonyl (C=O) groups is 1. The monoisotopic (exact) mass is 348 g/mol. The van der Waals surface area contributed by atoms with Gasteiger partial charge in [-0.3, -0.25) is 4.79 Å². The summed E-state index contributed by atoms with van der Waals surface area (Å²) >= 11 is 0. The van der Waals surface area contributed by atoms with Gasteiger partial charge >= 0.3 is 0 Å². The lowest BCUT2D eigenvalue weighted by Gasteiger charge is -2.17. The van der Waals surface area contributed by atoms with E-state index in [2.05, 4.69) is 41.8 Å². The van der Waals surface area contributed by atoms with Crippen molar-refractivity contribution >= 4 is 22.4 Å². The summed E-state index contributed by atoms with van der Waals surface area (Å²) in [6, 6.07) is 20.3. The first kappa shape index (κ1) is 18.0. The molecule has 0 aromatic heterocycles. The van der Waals surface area contributed by atoms with Gasteiger partial charge in [0, 0.05) is 6.04 Å². The summed E-state index contributed by atoms with van der Waals surface area (Å²) in [6.07, 6.45) is 0. The van der Waals surface area contributed by atoms with E-state index in [4.69, 9.17) is 4.74 Å². The summed E-state index contributed by atoms with van der Waals surface area (Å²) in [6.45, 7) is 4.28. The van der Waals surface area contributed by atoms with Crippen LogP contribution >= 0.6 is 0 Å². The molecule has 0 aliphatic heterocycles. The Bertz CT molecular complexity index is 916. The van der Waals surface area contributed by atoms with Gasteiger partial charge in [-0.2, -0.15) is 0 Å². The molecule has 0 fully saturated rings. The van der Waals surface area contributed by atoms with Gasteiger partial charge in [-0.15, -0.1) is 0 Å². The molecule has 0 spiro atoms. The van der Waals surface area contributed by atoms with E-state index in [1.807, 2.05) is 43.3 Å². The molecule has 0 radical (unpaired) electrons. The maximum absolute atomic E-state index is 12.4. The zero-order valence-corrected chi connectivity index (χ0v) is 15.4. The van der Waals surface area contributed by atoms with Crippen molar-refractivity contribution in [1.82, 2.24) is 5.32 Å². The number of carbonyl (C=O) groups excluding carboxylic acids is 1. The number of methoxy groups -OCH3 is 1. The Labute approximate surface area is 154 Å². The number of hydrogen-bond donors (Lipinski definition) is 2. The van der Waals surface area contributed by atoms with E-state index in [0.29, 0.717) is 11.4 Å². The van der Waals surface area contributed by atoms with Crippen LogP contribution in [0.1, 0.15) is 24.1 Å². The Hall–Kier alpha value is -2.85. The Morgan fingerprint density at radius 2 is 1.85 bits per heavy atom. The second-order valence-electron chi connectivity index (χ2n) is 6.42. The largest absolute Gasteiger partial charge is 0.495 e. The first-order valence-corrected chi connectivity index (χ1v) is 8.74. The summed E-state index contributed by atoms with van der Waals surface area (Å²) in [4.78, 5) is 12.4. The lowest BCUT2D eigenvalue weighted by Crippen LogP contribution is -2.30. The maximum Gasteiger partial charge on any atom is 0.238 e. The lowest BCUT2D eigenvalue weighted by molar-refractivity contribution is -0.115. The number of anilines is 1. The molecule has 0 aliphatic carbocycles. The highest BCUT2D eigenvalue weighted by atomic mass is 16.5. The van der Waals surface area contributed by atoms with Crippen molar-refractivity contribution in [3.8, 4) is 5.75 Å². The molecule has 26 heavy (non-hydrogen) atoms. The summed E-state index contributed by atoms with van der Waals surface area (Å²) in [5.41, 5.74) is 2.94. The molecule has 3 aromatic carbocycles. The Morgan fingerprint density at radius 1 is 1.08 bits per heavy atom. The highest BCUT2D eigenvalue weighted by Crippen LogP contribution is 2.26. The van der Waals surface area contributed by atoms with Crippen molar-refractivity contribution in [2.24, 2.45) is 0 Å². The normalized spacial score (nSPS) is 12.0. The van der Waals surface area contributed by atoms with Gasteiger partial charge in [0.2, 0.25) is 5.91 Å². The topological polar surface area (TPSA) is 50.4 Å². The average molecular weight is 348 g/mol. The Morgan fingerprint density at radius 3 is 2.65 bits per heavy atom. The molecule has 0 saturated carbocycles. The molecule has 0 aliphatic rings. The smallest absolute Gasteiger partial charge is 0.238 e. The standard InChI is InChI=1S/C22H24N2O2/c1-15-11-12-21(26-3)20(13-15)24-22(25)14-23-16(2)18-10-6-8-17-7-4-5-9-19(17)18/h4-13,16,23H,14H2,1-3H3,(H,24,25)/t16-/m0/s1. The van der Waals surface area contributed by atoms with E-state index in [0.717, 1.165) is 5.56 Å². The minimum absolute atomic E-state index is 0.0613. The molecule has 0 bridgehead atoms. The number of nitrogens with one attached hydrogen (secondary N) is 2. The summed E-state index contributed by atoms with van der Waals surface area (Å²) in [5.74, 6) is 0.562. The van der Waals surface area contributed by atoms with Crippen LogP contribution in [0, 0.1) is 6.92 Å². The summed E-state index contributed by atoms with van der Waals surface area (Å²) < 4.78 is 5.31. The molecular formula is C22H24N2O2. The van der Waals surface area contributed by atoms with Crippen LogP contribution in [0.4, 0.5) is 5.69 Å². The number of benzene rings is 3. The fourth-order valence-electron chi connectivity index (χ4n) is 3.10. The minimum Gasteiger partial charge on any atom is -0.495 e. The van der Waals surface area contributed by atoms with Crippen LogP contribution in [0.5, 0.6) is 5.75 Å². The quantitative estimate of drug-likeness (QED) is 0.692. The molecule has 1 atom stereocenters. The molecule has 3 aromatic rings. The van der Waals surface area contributed by atoms with Crippen molar-refractivity contribution in [3.05, 3.63) is 71.8 Å². The van der Waals surface area contributed by atoms with Crippen LogP contribution in [-0.4, -0.2) is 19.6 Å². The number of hydrogen-bond acceptors (Lipinski definition) is 3. The minimum atomic E-state index is -0.0963. The van der Waals surface area contributed by atoms with Crippen LogP contribution in [0.2, 0.25) is 0 Å². The zero-order chi connectivity index (χ0) is 18.5. The first-order chi connectivity index (χ1) is 12.6. The van der Waals surface area contributed by atoms with Crippen molar-refractivity contribution in [2.75, 3.05) is 19.0 Å². The zero-order valence-electron chi connectivity index (χ0n) is 15.4. The third kappa shape index (κ3) is 4.03. The van der Waals surface area contributed by atoms with E-state index in [1.54, 1.807) is 7.11 Å². The predicted molar refractivity (Wildman–Crippen MR) is 107 cm³/mol. The highest BCUT2D eigenvalue weighted by molar-refractivity contribution is 5.94. The van der Waals surface area contributed by atoms with Gasteiger partial charge in [-0.1, -0.05) is 48.5 Å². The molecule has 2 N–H and O–H groups in total. The van der Waals surface area contributed by atoms with Crippen LogP contribution in [0.3, 0.4) is 0 Å². The molecule has 134 valence electrons. The van der Waals surface area contributed by atoms with Gasteiger partial charge in [0.15, 0.2) is 0 Å². The molecule has 1 amide bonds. The van der Waals surface area contributed by atoms with Gasteiger partial charge in [0.05, 0.1) is 19.3 Å². The van der Waals surface area contributed by atoms with Crippen molar-refractivity contribution in [1.29, 1.82) is 0 Å². The van der Waals surface area contributed by atoms with E-state index >= 15 is 0 Å². The molecule has 0 heterocycles.